The first-order valence-electron chi connectivity index (χ1n) is 7.28. The van der Waals surface area contributed by atoms with Crippen molar-refractivity contribution in [3.05, 3.63) is 73.1 Å². The smallest absolute Gasteiger partial charge is 0.305 e. The Bertz CT molecular complexity index is 1010. The van der Waals surface area contributed by atoms with Gasteiger partial charge in [-0.1, -0.05) is 36.4 Å². The van der Waals surface area contributed by atoms with Crippen molar-refractivity contribution in [3.8, 4) is 0 Å². The molecule has 0 fully saturated rings. The van der Waals surface area contributed by atoms with E-state index in [9.17, 15) is 4.79 Å². The Morgan fingerprint density at radius 2 is 1.74 bits per heavy atom. The average Bonchev–Trinajstić information content (AvgIpc) is 2.98. The fraction of sp³-hybridized carbons (Fsp3) is 0. The summed E-state index contributed by atoms with van der Waals surface area (Å²) in [6, 6.07) is 19.2. The molecule has 5 heteroatoms. The number of pyridine rings is 1. The Balaban J connectivity index is 1.55. The maximum Gasteiger partial charge on any atom is 0.338 e. The number of carbonyl (C=O) groups is 1. The van der Waals surface area contributed by atoms with Gasteiger partial charge in [0.05, 0.1) is 22.9 Å². The summed E-state index contributed by atoms with van der Waals surface area (Å²) in [7, 11) is 0. The van der Waals surface area contributed by atoms with Crippen LogP contribution < -0.4 is 10.7 Å². The molecule has 23 heavy (non-hydrogen) atoms. The van der Waals surface area contributed by atoms with Gasteiger partial charge in [-0.25, -0.2) is 10.2 Å². The SMILES string of the molecule is O=C(Nc1cnc2ccccc2c1)Nn1ccc2ccccc21. The lowest BCUT2D eigenvalue weighted by Crippen LogP contribution is -2.27. The van der Waals surface area contributed by atoms with E-state index in [-0.39, 0.29) is 6.03 Å². The number of aromatic nitrogens is 2. The predicted molar refractivity (Wildman–Crippen MR) is 92.1 cm³/mol. The lowest BCUT2D eigenvalue weighted by Gasteiger charge is -2.10. The van der Waals surface area contributed by atoms with Crippen LogP contribution in [0.1, 0.15) is 0 Å². The van der Waals surface area contributed by atoms with Crippen LogP contribution >= 0.6 is 0 Å². The molecule has 5 nitrogen and oxygen atoms in total. The zero-order valence-corrected chi connectivity index (χ0v) is 12.2. The van der Waals surface area contributed by atoms with Crippen molar-refractivity contribution in [1.82, 2.24) is 9.66 Å². The third-order valence-corrected chi connectivity index (χ3v) is 3.67. The van der Waals surface area contributed by atoms with Gasteiger partial charge in [0.1, 0.15) is 0 Å². The minimum Gasteiger partial charge on any atom is -0.305 e. The molecule has 2 aromatic carbocycles. The van der Waals surface area contributed by atoms with E-state index in [1.54, 1.807) is 10.9 Å². The van der Waals surface area contributed by atoms with E-state index in [1.807, 2.05) is 66.9 Å². The molecular formula is C18H14N4O. The van der Waals surface area contributed by atoms with Gasteiger partial charge in [-0.3, -0.25) is 9.66 Å². The third kappa shape index (κ3) is 2.60. The Labute approximate surface area is 132 Å². The number of anilines is 1. The van der Waals surface area contributed by atoms with E-state index >= 15 is 0 Å². The molecule has 0 aliphatic rings. The van der Waals surface area contributed by atoms with Gasteiger partial charge in [0, 0.05) is 17.0 Å². The second-order valence-corrected chi connectivity index (χ2v) is 5.23. The highest BCUT2D eigenvalue weighted by molar-refractivity contribution is 5.97. The van der Waals surface area contributed by atoms with Crippen molar-refractivity contribution in [3.63, 3.8) is 0 Å². The van der Waals surface area contributed by atoms with Gasteiger partial charge in [0.25, 0.3) is 0 Å². The molecule has 2 amide bonds. The van der Waals surface area contributed by atoms with Crippen LogP contribution in [0.4, 0.5) is 10.5 Å². The topological polar surface area (TPSA) is 59.0 Å². The van der Waals surface area contributed by atoms with E-state index in [4.69, 9.17) is 0 Å². The number of nitrogens with one attached hydrogen (secondary N) is 2. The summed E-state index contributed by atoms with van der Waals surface area (Å²) in [5.41, 5.74) is 5.29. The molecule has 2 heterocycles. The highest BCUT2D eigenvalue weighted by Gasteiger charge is 2.06. The first-order valence-corrected chi connectivity index (χ1v) is 7.28. The van der Waals surface area contributed by atoms with Crippen LogP contribution in [0.25, 0.3) is 21.8 Å². The maximum atomic E-state index is 12.2. The Morgan fingerprint density at radius 3 is 2.65 bits per heavy atom. The molecule has 4 rings (SSSR count). The van der Waals surface area contributed by atoms with Gasteiger partial charge in [0.2, 0.25) is 0 Å². The van der Waals surface area contributed by atoms with Crippen LogP contribution in [0.5, 0.6) is 0 Å². The number of fused-ring (bicyclic) bond motifs is 2. The van der Waals surface area contributed by atoms with Gasteiger partial charge < -0.3 is 5.32 Å². The van der Waals surface area contributed by atoms with Crippen LogP contribution in [0.2, 0.25) is 0 Å². The minimum absolute atomic E-state index is 0.316. The Morgan fingerprint density at radius 1 is 0.957 bits per heavy atom. The monoisotopic (exact) mass is 302 g/mol. The number of urea groups is 1. The van der Waals surface area contributed by atoms with Gasteiger partial charge in [-0.2, -0.15) is 0 Å². The van der Waals surface area contributed by atoms with E-state index in [1.165, 1.54) is 0 Å². The number of para-hydroxylation sites is 2. The molecule has 4 aromatic rings. The lowest BCUT2D eigenvalue weighted by atomic mass is 10.2. The van der Waals surface area contributed by atoms with Gasteiger partial charge >= 0.3 is 6.03 Å². The number of benzene rings is 2. The van der Waals surface area contributed by atoms with E-state index < -0.39 is 0 Å². The second kappa shape index (κ2) is 5.46. The van der Waals surface area contributed by atoms with E-state index in [0.29, 0.717) is 5.69 Å². The summed E-state index contributed by atoms with van der Waals surface area (Å²) >= 11 is 0. The highest BCUT2D eigenvalue weighted by Crippen LogP contribution is 2.16. The standard InChI is InChI=1S/C18H14N4O/c23-18(21-22-10-9-13-5-2-4-8-17(13)22)20-15-11-14-6-1-3-7-16(14)19-12-15/h1-12H,(H2,20,21,23). The van der Waals surface area contributed by atoms with Crippen molar-refractivity contribution < 1.29 is 4.79 Å². The first-order chi connectivity index (χ1) is 11.3. The lowest BCUT2D eigenvalue weighted by molar-refractivity contribution is 0.260. The fourth-order valence-corrected chi connectivity index (χ4v) is 2.59. The fourth-order valence-electron chi connectivity index (χ4n) is 2.59. The zero-order valence-electron chi connectivity index (χ0n) is 12.2. The molecular weight excluding hydrogens is 288 g/mol. The summed E-state index contributed by atoms with van der Waals surface area (Å²) in [6.07, 6.45) is 3.47. The summed E-state index contributed by atoms with van der Waals surface area (Å²) in [6.45, 7) is 0. The molecule has 0 radical (unpaired) electrons. The first kappa shape index (κ1) is 13.3. The van der Waals surface area contributed by atoms with Crippen molar-refractivity contribution in [2.45, 2.75) is 0 Å². The molecule has 0 aliphatic carbocycles. The summed E-state index contributed by atoms with van der Waals surface area (Å²) in [5, 5.41) is 4.86. The number of hydrogen-bond donors (Lipinski definition) is 2. The summed E-state index contributed by atoms with van der Waals surface area (Å²) in [4.78, 5) is 16.5. The van der Waals surface area contributed by atoms with Crippen molar-refractivity contribution in [2.75, 3.05) is 10.7 Å². The number of amides is 2. The molecule has 0 saturated heterocycles. The summed E-state index contributed by atoms with van der Waals surface area (Å²) in [5.74, 6) is 0. The number of hydrogen-bond acceptors (Lipinski definition) is 2. The maximum absolute atomic E-state index is 12.2. The molecule has 2 N–H and O–H groups in total. The predicted octanol–water partition coefficient (Wildman–Crippen LogP) is 3.97. The highest BCUT2D eigenvalue weighted by atomic mass is 16.2. The van der Waals surface area contributed by atoms with Crippen molar-refractivity contribution in [1.29, 1.82) is 0 Å². The van der Waals surface area contributed by atoms with Crippen LogP contribution in [-0.2, 0) is 0 Å². The van der Waals surface area contributed by atoms with Crippen LogP contribution in [0.15, 0.2) is 73.1 Å². The Kier molecular flexibility index (Phi) is 3.16. The normalized spacial score (nSPS) is 10.8. The molecule has 0 unspecified atom stereocenters. The number of carbonyl (C=O) groups excluding carboxylic acids is 1. The molecule has 0 atom stereocenters. The second-order valence-electron chi connectivity index (χ2n) is 5.23. The zero-order chi connectivity index (χ0) is 15.6. The van der Waals surface area contributed by atoms with Crippen LogP contribution in [-0.4, -0.2) is 15.7 Å². The largest absolute Gasteiger partial charge is 0.338 e. The van der Waals surface area contributed by atoms with E-state index in [0.717, 1.165) is 21.8 Å². The van der Waals surface area contributed by atoms with Crippen molar-refractivity contribution in [2.24, 2.45) is 0 Å². The molecule has 112 valence electrons. The van der Waals surface area contributed by atoms with Gasteiger partial charge in [-0.15, -0.1) is 0 Å². The summed E-state index contributed by atoms with van der Waals surface area (Å²) < 4.78 is 1.69. The Hall–Kier alpha value is -3.34. The number of nitrogens with zero attached hydrogens (tertiary/aromatic N) is 2. The minimum atomic E-state index is -0.316. The third-order valence-electron chi connectivity index (χ3n) is 3.67. The van der Waals surface area contributed by atoms with Gasteiger partial charge in [0.15, 0.2) is 0 Å². The quantitative estimate of drug-likeness (QED) is 0.588. The molecule has 0 aliphatic heterocycles. The number of rotatable bonds is 2. The average molecular weight is 302 g/mol. The van der Waals surface area contributed by atoms with Crippen LogP contribution in [0.3, 0.4) is 0 Å². The van der Waals surface area contributed by atoms with Gasteiger partial charge in [-0.05, 0) is 24.3 Å². The molecule has 0 spiro atoms. The van der Waals surface area contributed by atoms with E-state index in [2.05, 4.69) is 15.7 Å². The van der Waals surface area contributed by atoms with Crippen LogP contribution in [0, 0.1) is 0 Å². The molecule has 2 aromatic heterocycles. The molecule has 0 bridgehead atoms. The van der Waals surface area contributed by atoms with Crippen molar-refractivity contribution >= 4 is 33.5 Å². The molecule has 0 saturated carbocycles.